The number of rotatable bonds is 5. The van der Waals surface area contributed by atoms with E-state index in [4.69, 9.17) is 4.74 Å². The zero-order valence-electron chi connectivity index (χ0n) is 18.0. The molecule has 1 N–H and O–H groups in total. The molecule has 0 saturated heterocycles. The van der Waals surface area contributed by atoms with Gasteiger partial charge in [0, 0.05) is 17.6 Å². The van der Waals surface area contributed by atoms with Crippen LogP contribution < -0.4 is 10.1 Å². The van der Waals surface area contributed by atoms with Crippen LogP contribution >= 0.6 is 0 Å². The minimum atomic E-state index is 0.192. The van der Waals surface area contributed by atoms with E-state index in [9.17, 15) is 0 Å². The van der Waals surface area contributed by atoms with Crippen LogP contribution in [-0.2, 0) is 6.54 Å². The Kier molecular flexibility index (Phi) is 4.11. The largest absolute Gasteiger partial charge is 0.491 e. The lowest BCUT2D eigenvalue weighted by Gasteiger charge is -2.65. The molecule has 0 heterocycles. The summed E-state index contributed by atoms with van der Waals surface area (Å²) in [7, 11) is 0. The molecule has 0 spiro atoms. The van der Waals surface area contributed by atoms with Crippen LogP contribution in [0.2, 0.25) is 0 Å². The first-order valence-corrected chi connectivity index (χ1v) is 11.2. The molecule has 2 nitrogen and oxygen atoms in total. The molecule has 28 heavy (non-hydrogen) atoms. The number of hydrogen-bond donors (Lipinski definition) is 1. The zero-order chi connectivity index (χ0) is 19.6. The van der Waals surface area contributed by atoms with E-state index in [0.717, 1.165) is 18.2 Å². The summed E-state index contributed by atoms with van der Waals surface area (Å²) in [6.07, 6.45) is 8.56. The summed E-state index contributed by atoms with van der Waals surface area (Å²) in [5, 5.41) is 6.75. The number of nitrogens with one attached hydrogen (secondary N) is 1. The van der Waals surface area contributed by atoms with Gasteiger partial charge in [-0.15, -0.1) is 0 Å². The van der Waals surface area contributed by atoms with Gasteiger partial charge in [-0.1, -0.05) is 44.2 Å². The van der Waals surface area contributed by atoms with Crippen LogP contribution in [-0.4, -0.2) is 11.6 Å². The molecule has 4 bridgehead atoms. The van der Waals surface area contributed by atoms with Gasteiger partial charge in [0.2, 0.25) is 0 Å². The normalized spacial score (nSPS) is 36.4. The van der Waals surface area contributed by atoms with Crippen LogP contribution in [0.1, 0.15) is 71.8 Å². The third-order valence-corrected chi connectivity index (χ3v) is 7.63. The minimum Gasteiger partial charge on any atom is -0.491 e. The maximum Gasteiger partial charge on any atom is 0.124 e. The van der Waals surface area contributed by atoms with Crippen molar-refractivity contribution in [3.8, 4) is 5.75 Å². The average molecular weight is 378 g/mol. The van der Waals surface area contributed by atoms with Gasteiger partial charge in [-0.3, -0.25) is 0 Å². The van der Waals surface area contributed by atoms with Gasteiger partial charge in [-0.05, 0) is 86.0 Å². The number of benzene rings is 2. The van der Waals surface area contributed by atoms with Gasteiger partial charge in [-0.2, -0.15) is 0 Å². The molecular formula is C26H35NO. The lowest BCUT2D eigenvalue weighted by molar-refractivity contribution is -0.118. The number of fused-ring (bicyclic) bond motifs is 1. The highest BCUT2D eigenvalue weighted by Gasteiger charge is 2.59. The number of hydrogen-bond acceptors (Lipinski definition) is 2. The average Bonchev–Trinajstić information content (AvgIpc) is 2.57. The maximum atomic E-state index is 6.22. The number of ether oxygens (including phenoxy) is 1. The Morgan fingerprint density at radius 1 is 0.964 bits per heavy atom. The van der Waals surface area contributed by atoms with Crippen molar-refractivity contribution in [3.05, 3.63) is 42.0 Å². The standard InChI is InChI=1S/C26H35NO/c1-18(2)28-23-10-9-20-7-5-6-8-21(20)22(23)14-27-26-13-19-11-24(3,16-26)15-25(4,12-19)17-26/h5-10,18-19,27H,11-17H2,1-4H3. The molecule has 2 heteroatoms. The Labute approximate surface area is 170 Å². The fraction of sp³-hybridized carbons (Fsp3) is 0.615. The summed E-state index contributed by atoms with van der Waals surface area (Å²) in [5.74, 6) is 1.96. The third-order valence-electron chi connectivity index (χ3n) is 7.63. The van der Waals surface area contributed by atoms with Gasteiger partial charge in [0.25, 0.3) is 0 Å². The first-order valence-electron chi connectivity index (χ1n) is 11.2. The molecule has 2 unspecified atom stereocenters. The molecule has 2 aromatic carbocycles. The SMILES string of the molecule is CC(C)Oc1ccc2ccccc2c1CNC12CC3CC(C)(CC(C)(C3)C1)C2. The smallest absolute Gasteiger partial charge is 0.124 e. The van der Waals surface area contributed by atoms with Crippen LogP contribution in [0.5, 0.6) is 5.75 Å². The summed E-state index contributed by atoms with van der Waals surface area (Å²) >= 11 is 0. The van der Waals surface area contributed by atoms with Crippen LogP contribution in [0.4, 0.5) is 0 Å². The van der Waals surface area contributed by atoms with Gasteiger partial charge in [0.15, 0.2) is 0 Å². The Morgan fingerprint density at radius 2 is 1.68 bits per heavy atom. The zero-order valence-corrected chi connectivity index (χ0v) is 18.0. The first kappa shape index (κ1) is 18.5. The molecule has 4 aliphatic carbocycles. The van der Waals surface area contributed by atoms with Crippen molar-refractivity contribution in [1.82, 2.24) is 5.32 Å². The summed E-state index contributed by atoms with van der Waals surface area (Å²) in [4.78, 5) is 0. The third kappa shape index (κ3) is 3.14. The Balaban J connectivity index is 1.47. The van der Waals surface area contributed by atoms with Crippen LogP contribution in [0.3, 0.4) is 0 Å². The summed E-state index contributed by atoms with van der Waals surface area (Å²) in [5.41, 5.74) is 2.72. The van der Waals surface area contributed by atoms with E-state index in [2.05, 4.69) is 69.4 Å². The van der Waals surface area contributed by atoms with Crippen LogP contribution in [0, 0.1) is 16.7 Å². The van der Waals surface area contributed by atoms with Gasteiger partial charge in [0.05, 0.1) is 6.10 Å². The minimum absolute atomic E-state index is 0.192. The van der Waals surface area contributed by atoms with Crippen molar-refractivity contribution in [2.75, 3.05) is 0 Å². The van der Waals surface area contributed by atoms with Crippen molar-refractivity contribution in [3.63, 3.8) is 0 Å². The van der Waals surface area contributed by atoms with E-state index in [1.807, 2.05) is 0 Å². The van der Waals surface area contributed by atoms with Gasteiger partial charge in [0.1, 0.15) is 5.75 Å². The van der Waals surface area contributed by atoms with E-state index in [-0.39, 0.29) is 6.10 Å². The van der Waals surface area contributed by atoms with Crippen molar-refractivity contribution < 1.29 is 4.74 Å². The van der Waals surface area contributed by atoms with Crippen LogP contribution in [0.15, 0.2) is 36.4 Å². The highest BCUT2D eigenvalue weighted by molar-refractivity contribution is 5.87. The van der Waals surface area contributed by atoms with Crippen molar-refractivity contribution in [2.45, 2.75) is 84.4 Å². The second-order valence-corrected chi connectivity index (χ2v) is 11.2. The molecule has 4 saturated carbocycles. The molecule has 150 valence electrons. The van der Waals surface area contributed by atoms with E-state index in [1.165, 1.54) is 54.9 Å². The van der Waals surface area contributed by atoms with Crippen molar-refractivity contribution in [1.29, 1.82) is 0 Å². The lowest BCUT2D eigenvalue weighted by Crippen LogP contribution is -2.63. The maximum absolute atomic E-state index is 6.22. The molecule has 0 aromatic heterocycles. The molecule has 2 atom stereocenters. The fourth-order valence-corrected chi connectivity index (χ4v) is 7.78. The highest BCUT2D eigenvalue weighted by atomic mass is 16.5. The van der Waals surface area contributed by atoms with Crippen molar-refractivity contribution >= 4 is 10.8 Å². The summed E-state index contributed by atoms with van der Waals surface area (Å²) in [6, 6.07) is 13.1. The van der Waals surface area contributed by atoms with Gasteiger partial charge < -0.3 is 10.1 Å². The molecule has 0 amide bonds. The van der Waals surface area contributed by atoms with E-state index in [0.29, 0.717) is 16.4 Å². The highest BCUT2D eigenvalue weighted by Crippen LogP contribution is 2.66. The van der Waals surface area contributed by atoms with E-state index in [1.54, 1.807) is 0 Å². The predicted molar refractivity (Wildman–Crippen MR) is 117 cm³/mol. The Hall–Kier alpha value is -1.54. The van der Waals surface area contributed by atoms with Crippen LogP contribution in [0.25, 0.3) is 10.8 Å². The Bertz CT molecular complexity index is 882. The molecule has 4 aliphatic rings. The second-order valence-electron chi connectivity index (χ2n) is 11.2. The fourth-order valence-electron chi connectivity index (χ4n) is 7.78. The predicted octanol–water partition coefficient (Wildman–Crippen LogP) is 6.47. The molecule has 2 aromatic rings. The summed E-state index contributed by atoms with van der Waals surface area (Å²) in [6.45, 7) is 10.2. The van der Waals surface area contributed by atoms with Crippen molar-refractivity contribution in [2.24, 2.45) is 16.7 Å². The van der Waals surface area contributed by atoms with E-state index >= 15 is 0 Å². The lowest BCUT2D eigenvalue weighted by atomic mass is 9.43. The first-order chi connectivity index (χ1) is 13.3. The molecule has 4 fully saturated rings. The van der Waals surface area contributed by atoms with Gasteiger partial charge >= 0.3 is 0 Å². The Morgan fingerprint density at radius 3 is 2.36 bits per heavy atom. The quantitative estimate of drug-likeness (QED) is 0.645. The molecular weight excluding hydrogens is 342 g/mol. The second kappa shape index (κ2) is 6.23. The van der Waals surface area contributed by atoms with E-state index < -0.39 is 0 Å². The molecule has 6 rings (SSSR count). The molecule has 0 aliphatic heterocycles. The monoisotopic (exact) mass is 377 g/mol. The van der Waals surface area contributed by atoms with Gasteiger partial charge in [-0.25, -0.2) is 0 Å². The summed E-state index contributed by atoms with van der Waals surface area (Å²) < 4.78 is 6.22. The topological polar surface area (TPSA) is 21.3 Å². The molecule has 0 radical (unpaired) electrons.